The van der Waals surface area contributed by atoms with E-state index in [-0.39, 0.29) is 12.1 Å². The van der Waals surface area contributed by atoms with Crippen LogP contribution in [0.4, 0.5) is 16.2 Å². The summed E-state index contributed by atoms with van der Waals surface area (Å²) in [5, 5.41) is 13.7. The zero-order valence-electron chi connectivity index (χ0n) is 17.6. The second kappa shape index (κ2) is 6.52. The highest BCUT2D eigenvalue weighted by Gasteiger charge is 2.63. The molecule has 3 aliphatic rings. The molecule has 0 saturated carbocycles. The highest BCUT2D eigenvalue weighted by molar-refractivity contribution is 6.20. The minimum atomic E-state index is -1.50. The van der Waals surface area contributed by atoms with E-state index in [0.717, 1.165) is 17.0 Å². The van der Waals surface area contributed by atoms with E-state index < -0.39 is 39.8 Å². The third kappa shape index (κ3) is 2.79. The molecule has 0 radical (unpaired) electrons. The number of nitro benzene ring substituents is 1. The van der Waals surface area contributed by atoms with Gasteiger partial charge in [-0.05, 0) is 51.2 Å². The van der Waals surface area contributed by atoms with Crippen molar-refractivity contribution in [3.63, 3.8) is 0 Å². The first kappa shape index (κ1) is 20.3. The van der Waals surface area contributed by atoms with Gasteiger partial charge >= 0.3 is 6.03 Å². The fraction of sp³-hybridized carbons (Fsp3) is 0.571. The molecule has 3 heterocycles. The summed E-state index contributed by atoms with van der Waals surface area (Å²) in [5.41, 5.74) is -0.995. The number of nitrogens with one attached hydrogen (secondary N) is 1. The van der Waals surface area contributed by atoms with Gasteiger partial charge in [-0.2, -0.15) is 0 Å². The Morgan fingerprint density at radius 1 is 1.23 bits per heavy atom. The van der Waals surface area contributed by atoms with E-state index in [1.165, 1.54) is 12.1 Å². The molecular weight excluding hydrogens is 388 g/mol. The van der Waals surface area contributed by atoms with Crippen molar-refractivity contribution in [3.8, 4) is 0 Å². The van der Waals surface area contributed by atoms with Crippen LogP contribution in [-0.2, 0) is 16.0 Å². The lowest BCUT2D eigenvalue weighted by Crippen LogP contribution is -2.75. The number of fused-ring (bicyclic) bond motifs is 4. The normalized spacial score (nSPS) is 28.9. The molecule has 3 aliphatic heterocycles. The van der Waals surface area contributed by atoms with Crippen molar-refractivity contribution in [1.29, 1.82) is 0 Å². The second-order valence-corrected chi connectivity index (χ2v) is 9.63. The summed E-state index contributed by atoms with van der Waals surface area (Å²) in [4.78, 5) is 53.7. The number of anilines is 1. The third-order valence-electron chi connectivity index (χ3n) is 6.57. The lowest BCUT2D eigenvalue weighted by Gasteiger charge is -2.55. The molecule has 0 unspecified atom stereocenters. The second-order valence-electron chi connectivity index (χ2n) is 9.63. The minimum absolute atomic E-state index is 0.0302. The average Bonchev–Trinajstić information content (AvgIpc) is 2.64. The zero-order chi connectivity index (χ0) is 22.0. The standard InChI is InChI=1S/C21H26N4O5/c1-12-7-8-23-15-6-5-14(25(29)30)10-13(15)11-21(16(23)9-12)17(26)22-19(28)24(18(21)27)20(2,3)4/h5-6,10,12,16H,7-9,11H2,1-4H3,(H,22,26,28)/t12-,16+,21+/m1/s1. The van der Waals surface area contributed by atoms with Crippen LogP contribution in [0.1, 0.15) is 46.1 Å². The van der Waals surface area contributed by atoms with E-state index in [4.69, 9.17) is 0 Å². The van der Waals surface area contributed by atoms with Gasteiger partial charge in [0.25, 0.3) is 5.69 Å². The van der Waals surface area contributed by atoms with Gasteiger partial charge in [0, 0.05) is 36.3 Å². The number of benzene rings is 1. The summed E-state index contributed by atoms with van der Waals surface area (Å²) in [7, 11) is 0. The predicted molar refractivity (Wildman–Crippen MR) is 109 cm³/mol. The lowest BCUT2D eigenvalue weighted by molar-refractivity contribution is -0.384. The van der Waals surface area contributed by atoms with Gasteiger partial charge in [-0.15, -0.1) is 0 Å². The van der Waals surface area contributed by atoms with E-state index in [1.54, 1.807) is 26.8 Å². The van der Waals surface area contributed by atoms with Crippen molar-refractivity contribution in [2.45, 2.75) is 58.5 Å². The molecule has 9 heteroatoms. The number of carbonyl (C=O) groups excluding carboxylic acids is 3. The van der Waals surface area contributed by atoms with Gasteiger partial charge in [0.05, 0.1) is 11.0 Å². The van der Waals surface area contributed by atoms with Crippen molar-refractivity contribution in [2.75, 3.05) is 11.4 Å². The molecule has 1 aromatic carbocycles. The fourth-order valence-corrected chi connectivity index (χ4v) is 5.13. The molecule has 1 spiro atoms. The molecule has 30 heavy (non-hydrogen) atoms. The summed E-state index contributed by atoms with van der Waals surface area (Å²) in [6, 6.07) is 3.48. The topological polar surface area (TPSA) is 113 Å². The maximum absolute atomic E-state index is 13.8. The van der Waals surface area contributed by atoms with Crippen molar-refractivity contribution in [3.05, 3.63) is 33.9 Å². The largest absolute Gasteiger partial charge is 0.367 e. The molecular formula is C21H26N4O5. The Morgan fingerprint density at radius 3 is 2.57 bits per heavy atom. The number of nitrogens with zero attached hydrogens (tertiary/aromatic N) is 3. The van der Waals surface area contributed by atoms with Gasteiger partial charge in [-0.25, -0.2) is 4.79 Å². The Kier molecular flexibility index (Phi) is 4.41. The van der Waals surface area contributed by atoms with Crippen molar-refractivity contribution in [1.82, 2.24) is 10.2 Å². The SMILES string of the molecule is C[C@@H]1CCN2c3ccc([N+](=O)[O-])cc3C[C@@]3(C(=O)NC(=O)N(C(C)(C)C)C3=O)[C@@H]2C1. The number of carbonyl (C=O) groups is 3. The van der Waals surface area contributed by atoms with Crippen LogP contribution in [0, 0.1) is 21.4 Å². The zero-order valence-corrected chi connectivity index (χ0v) is 17.6. The van der Waals surface area contributed by atoms with Crippen LogP contribution in [-0.4, -0.2) is 45.8 Å². The minimum Gasteiger partial charge on any atom is -0.367 e. The Labute approximate surface area is 174 Å². The van der Waals surface area contributed by atoms with E-state index in [0.29, 0.717) is 24.4 Å². The first-order valence-corrected chi connectivity index (χ1v) is 10.2. The summed E-state index contributed by atoms with van der Waals surface area (Å²) >= 11 is 0. The van der Waals surface area contributed by atoms with E-state index in [1.807, 2.05) is 4.90 Å². The lowest BCUT2D eigenvalue weighted by atomic mass is 9.64. The highest BCUT2D eigenvalue weighted by Crippen LogP contribution is 2.49. The summed E-state index contributed by atoms with van der Waals surface area (Å²) < 4.78 is 0. The number of nitro groups is 1. The first-order valence-electron chi connectivity index (χ1n) is 10.2. The maximum Gasteiger partial charge on any atom is 0.331 e. The summed E-state index contributed by atoms with van der Waals surface area (Å²) in [6.07, 6.45) is 1.55. The van der Waals surface area contributed by atoms with Crippen LogP contribution in [0.2, 0.25) is 0 Å². The van der Waals surface area contributed by atoms with Crippen molar-refractivity contribution in [2.24, 2.45) is 11.3 Å². The molecule has 4 rings (SSSR count). The van der Waals surface area contributed by atoms with Crippen LogP contribution in [0.15, 0.2) is 18.2 Å². The van der Waals surface area contributed by atoms with Gasteiger partial charge in [-0.3, -0.25) is 29.9 Å². The van der Waals surface area contributed by atoms with Crippen LogP contribution >= 0.6 is 0 Å². The fourth-order valence-electron chi connectivity index (χ4n) is 5.13. The average molecular weight is 414 g/mol. The van der Waals surface area contributed by atoms with Gasteiger partial charge in [-0.1, -0.05) is 6.92 Å². The number of rotatable bonds is 1. The van der Waals surface area contributed by atoms with Crippen molar-refractivity contribution >= 4 is 29.2 Å². The molecule has 9 nitrogen and oxygen atoms in total. The Balaban J connectivity index is 1.91. The number of hydrogen-bond donors (Lipinski definition) is 1. The molecule has 2 fully saturated rings. The molecule has 0 aromatic heterocycles. The molecule has 0 aliphatic carbocycles. The molecule has 2 saturated heterocycles. The molecule has 3 atom stereocenters. The number of urea groups is 1. The Morgan fingerprint density at radius 2 is 1.93 bits per heavy atom. The number of imide groups is 2. The highest BCUT2D eigenvalue weighted by atomic mass is 16.6. The number of hydrogen-bond acceptors (Lipinski definition) is 6. The van der Waals surface area contributed by atoms with Gasteiger partial charge in [0.15, 0.2) is 5.41 Å². The number of amides is 4. The summed E-state index contributed by atoms with van der Waals surface area (Å²) in [5.74, 6) is -0.826. The predicted octanol–water partition coefficient (Wildman–Crippen LogP) is 2.62. The number of non-ortho nitro benzene ring substituents is 1. The molecule has 1 N–H and O–H groups in total. The van der Waals surface area contributed by atoms with Crippen molar-refractivity contribution < 1.29 is 19.3 Å². The molecule has 160 valence electrons. The van der Waals surface area contributed by atoms with Crippen LogP contribution in [0.3, 0.4) is 0 Å². The Hall–Kier alpha value is -2.97. The van der Waals surface area contributed by atoms with E-state index in [2.05, 4.69) is 12.2 Å². The molecule has 4 amide bonds. The van der Waals surface area contributed by atoms with Gasteiger partial charge in [0.2, 0.25) is 11.8 Å². The quantitative estimate of drug-likeness (QED) is 0.429. The smallest absolute Gasteiger partial charge is 0.331 e. The third-order valence-corrected chi connectivity index (χ3v) is 6.57. The van der Waals surface area contributed by atoms with E-state index >= 15 is 0 Å². The molecule has 0 bridgehead atoms. The van der Waals surface area contributed by atoms with Gasteiger partial charge < -0.3 is 4.90 Å². The number of barbiturate groups is 1. The Bertz CT molecular complexity index is 969. The number of piperidine rings is 1. The first-order chi connectivity index (χ1) is 14.0. The van der Waals surface area contributed by atoms with Gasteiger partial charge in [0.1, 0.15) is 0 Å². The van der Waals surface area contributed by atoms with Crippen LogP contribution in [0.25, 0.3) is 0 Å². The van der Waals surface area contributed by atoms with Crippen LogP contribution in [0.5, 0.6) is 0 Å². The summed E-state index contributed by atoms with van der Waals surface area (Å²) in [6.45, 7) is 7.97. The monoisotopic (exact) mass is 414 g/mol. The van der Waals surface area contributed by atoms with E-state index in [9.17, 15) is 24.5 Å². The van der Waals surface area contributed by atoms with Crippen LogP contribution < -0.4 is 10.2 Å². The molecule has 1 aromatic rings. The maximum atomic E-state index is 13.8.